The second kappa shape index (κ2) is 7.40. The quantitative estimate of drug-likeness (QED) is 0.777. The molecule has 142 valence electrons. The predicted octanol–water partition coefficient (Wildman–Crippen LogP) is 1.80. The van der Waals surface area contributed by atoms with E-state index in [4.69, 9.17) is 5.73 Å². The Bertz CT molecular complexity index is 968. The van der Waals surface area contributed by atoms with Crippen molar-refractivity contribution in [1.82, 2.24) is 4.31 Å². The van der Waals surface area contributed by atoms with Crippen LogP contribution in [0, 0.1) is 0 Å². The second-order valence-corrected chi connectivity index (χ2v) is 11.9. The number of nitrogens with zero attached hydrogens (tertiary/aromatic N) is 1. The van der Waals surface area contributed by atoms with Crippen molar-refractivity contribution in [3.05, 3.63) is 52.9 Å². The molecule has 26 heavy (non-hydrogen) atoms. The summed E-state index contributed by atoms with van der Waals surface area (Å²) in [6.45, 7) is 0.594. The fourth-order valence-electron chi connectivity index (χ4n) is 3.38. The Labute approximate surface area is 158 Å². The monoisotopic (exact) mass is 414 g/mol. The standard InChI is InChI=1S/C17H22N2O4S3/c1-25(20,21)19-11-14(13-5-3-2-4-6-13)9-15(19)12-26(22,23)17-8-7-16(10-18)24-17/h2-8,14-15H,9-12,18H2,1H3/t14-,15-/m1/s1. The van der Waals surface area contributed by atoms with E-state index in [2.05, 4.69) is 0 Å². The number of sulfone groups is 1. The molecule has 1 aromatic heterocycles. The molecule has 0 spiro atoms. The third-order valence-corrected chi connectivity index (χ3v) is 9.40. The largest absolute Gasteiger partial charge is 0.326 e. The molecule has 0 bridgehead atoms. The summed E-state index contributed by atoms with van der Waals surface area (Å²) in [5.41, 5.74) is 6.59. The van der Waals surface area contributed by atoms with Gasteiger partial charge in [-0.1, -0.05) is 30.3 Å². The minimum atomic E-state index is -3.57. The van der Waals surface area contributed by atoms with E-state index in [1.807, 2.05) is 30.3 Å². The SMILES string of the molecule is CS(=O)(=O)N1C[C@H](c2ccccc2)C[C@@H]1CS(=O)(=O)c1ccc(CN)s1. The maximum Gasteiger partial charge on any atom is 0.211 e. The van der Waals surface area contributed by atoms with Gasteiger partial charge in [-0.2, -0.15) is 4.31 Å². The van der Waals surface area contributed by atoms with Crippen LogP contribution in [0.5, 0.6) is 0 Å². The van der Waals surface area contributed by atoms with Gasteiger partial charge in [0.25, 0.3) is 0 Å². The molecule has 1 saturated heterocycles. The van der Waals surface area contributed by atoms with Crippen LogP contribution in [0.1, 0.15) is 22.8 Å². The highest BCUT2D eigenvalue weighted by Gasteiger charge is 2.40. The molecule has 9 heteroatoms. The third-order valence-electron chi connectivity index (χ3n) is 4.62. The number of rotatable bonds is 6. The second-order valence-electron chi connectivity index (χ2n) is 6.54. The highest BCUT2D eigenvalue weighted by Crippen LogP contribution is 2.35. The fourth-order valence-corrected chi connectivity index (χ4v) is 7.54. The van der Waals surface area contributed by atoms with Crippen molar-refractivity contribution in [2.24, 2.45) is 5.73 Å². The summed E-state index contributed by atoms with van der Waals surface area (Å²) in [4.78, 5) is 0.789. The predicted molar refractivity (Wildman–Crippen MR) is 103 cm³/mol. The van der Waals surface area contributed by atoms with Crippen LogP contribution in [0.15, 0.2) is 46.7 Å². The highest BCUT2D eigenvalue weighted by molar-refractivity contribution is 7.93. The van der Waals surface area contributed by atoms with Gasteiger partial charge in [0.05, 0.1) is 12.0 Å². The smallest absolute Gasteiger partial charge is 0.211 e. The Morgan fingerprint density at radius 3 is 2.38 bits per heavy atom. The summed E-state index contributed by atoms with van der Waals surface area (Å²) < 4.78 is 51.6. The van der Waals surface area contributed by atoms with E-state index >= 15 is 0 Å². The van der Waals surface area contributed by atoms with Crippen LogP contribution in [-0.4, -0.2) is 45.7 Å². The molecule has 0 saturated carbocycles. The average molecular weight is 415 g/mol. The zero-order chi connectivity index (χ0) is 18.9. The first-order chi connectivity index (χ1) is 12.2. The number of sulfonamides is 1. The fraction of sp³-hybridized carbons (Fsp3) is 0.412. The number of hydrogen-bond acceptors (Lipinski definition) is 6. The van der Waals surface area contributed by atoms with E-state index in [1.165, 1.54) is 4.31 Å². The van der Waals surface area contributed by atoms with Gasteiger partial charge in [0.2, 0.25) is 10.0 Å². The molecule has 2 atom stereocenters. The van der Waals surface area contributed by atoms with E-state index < -0.39 is 25.9 Å². The van der Waals surface area contributed by atoms with Crippen LogP contribution in [0.4, 0.5) is 0 Å². The van der Waals surface area contributed by atoms with E-state index in [0.29, 0.717) is 13.0 Å². The molecule has 2 N–H and O–H groups in total. The van der Waals surface area contributed by atoms with Gasteiger partial charge in [-0.15, -0.1) is 11.3 Å². The summed E-state index contributed by atoms with van der Waals surface area (Å²) in [7, 11) is -7.07. The molecule has 2 heterocycles. The molecule has 1 aliphatic rings. The Morgan fingerprint density at radius 2 is 1.81 bits per heavy atom. The van der Waals surface area contributed by atoms with Gasteiger partial charge in [0.1, 0.15) is 4.21 Å². The molecule has 0 radical (unpaired) electrons. The van der Waals surface area contributed by atoms with Crippen molar-refractivity contribution in [3.63, 3.8) is 0 Å². The van der Waals surface area contributed by atoms with E-state index in [0.717, 1.165) is 28.0 Å². The first-order valence-corrected chi connectivity index (χ1v) is 12.6. The molecular formula is C17H22N2O4S3. The molecule has 6 nitrogen and oxygen atoms in total. The maximum atomic E-state index is 12.8. The molecule has 1 aliphatic heterocycles. The van der Waals surface area contributed by atoms with Crippen LogP contribution >= 0.6 is 11.3 Å². The van der Waals surface area contributed by atoms with Gasteiger partial charge in [0.15, 0.2) is 9.84 Å². The average Bonchev–Trinajstić information content (AvgIpc) is 3.22. The van der Waals surface area contributed by atoms with Crippen molar-refractivity contribution in [2.45, 2.75) is 29.1 Å². The van der Waals surface area contributed by atoms with Gasteiger partial charge >= 0.3 is 0 Å². The van der Waals surface area contributed by atoms with E-state index in [-0.39, 0.29) is 22.4 Å². The lowest BCUT2D eigenvalue weighted by molar-refractivity contribution is 0.411. The van der Waals surface area contributed by atoms with Crippen LogP contribution < -0.4 is 5.73 Å². The van der Waals surface area contributed by atoms with Gasteiger partial charge in [0, 0.05) is 24.0 Å². The van der Waals surface area contributed by atoms with Crippen LogP contribution in [0.2, 0.25) is 0 Å². The van der Waals surface area contributed by atoms with Crippen LogP contribution in [0.25, 0.3) is 0 Å². The van der Waals surface area contributed by atoms with Crippen LogP contribution in [-0.2, 0) is 26.4 Å². The normalized spacial score (nSPS) is 21.9. The number of nitrogens with two attached hydrogens (primary N) is 1. The zero-order valence-electron chi connectivity index (χ0n) is 14.4. The Kier molecular flexibility index (Phi) is 5.55. The van der Waals surface area contributed by atoms with Crippen molar-refractivity contribution in [2.75, 3.05) is 18.6 Å². The summed E-state index contributed by atoms with van der Waals surface area (Å²) in [5, 5.41) is 0. The van der Waals surface area contributed by atoms with Crippen molar-refractivity contribution >= 4 is 31.2 Å². The molecule has 2 aromatic rings. The molecule has 0 amide bonds. The van der Waals surface area contributed by atoms with E-state index in [1.54, 1.807) is 12.1 Å². The number of benzene rings is 1. The van der Waals surface area contributed by atoms with Gasteiger partial charge < -0.3 is 5.73 Å². The van der Waals surface area contributed by atoms with Gasteiger partial charge in [-0.25, -0.2) is 16.8 Å². The molecule has 0 unspecified atom stereocenters. The highest BCUT2D eigenvalue weighted by atomic mass is 32.2. The lowest BCUT2D eigenvalue weighted by Gasteiger charge is -2.21. The third kappa shape index (κ3) is 4.17. The molecule has 3 rings (SSSR count). The van der Waals surface area contributed by atoms with Gasteiger partial charge in [-0.3, -0.25) is 0 Å². The Morgan fingerprint density at radius 1 is 1.12 bits per heavy atom. The van der Waals surface area contributed by atoms with Crippen molar-refractivity contribution in [3.8, 4) is 0 Å². The summed E-state index contributed by atoms with van der Waals surface area (Å²) >= 11 is 1.15. The Balaban J connectivity index is 1.86. The molecule has 1 aromatic carbocycles. The minimum Gasteiger partial charge on any atom is -0.326 e. The maximum absolute atomic E-state index is 12.8. The first-order valence-electron chi connectivity index (χ1n) is 8.24. The Hall–Kier alpha value is -1.26. The van der Waals surface area contributed by atoms with Gasteiger partial charge in [-0.05, 0) is 30.0 Å². The van der Waals surface area contributed by atoms with E-state index in [9.17, 15) is 16.8 Å². The number of hydrogen-bond donors (Lipinski definition) is 1. The van der Waals surface area contributed by atoms with Crippen LogP contribution in [0.3, 0.4) is 0 Å². The van der Waals surface area contributed by atoms with Crippen molar-refractivity contribution in [1.29, 1.82) is 0 Å². The molecular weight excluding hydrogens is 392 g/mol. The summed E-state index contributed by atoms with van der Waals surface area (Å²) in [5.74, 6) is -0.220. The van der Waals surface area contributed by atoms with Crippen molar-refractivity contribution < 1.29 is 16.8 Å². The first kappa shape index (κ1) is 19.5. The molecule has 0 aliphatic carbocycles. The number of thiophene rings is 1. The topological polar surface area (TPSA) is 97.5 Å². The molecule has 1 fully saturated rings. The lowest BCUT2D eigenvalue weighted by atomic mass is 9.97. The minimum absolute atomic E-state index is 0.00550. The summed E-state index contributed by atoms with van der Waals surface area (Å²) in [6.07, 6.45) is 1.63. The zero-order valence-corrected chi connectivity index (χ0v) is 16.9. The lowest BCUT2D eigenvalue weighted by Crippen LogP contribution is -2.38. The summed E-state index contributed by atoms with van der Waals surface area (Å²) in [6, 6.07) is 12.3.